The van der Waals surface area contributed by atoms with Gasteiger partial charge in [0.25, 0.3) is 5.91 Å². The number of carbonyl (C=O) groups excluding carboxylic acids is 1. The summed E-state index contributed by atoms with van der Waals surface area (Å²) in [6.07, 6.45) is 1.73. The highest BCUT2D eigenvalue weighted by Crippen LogP contribution is 2.26. The van der Waals surface area contributed by atoms with Crippen molar-refractivity contribution in [3.8, 4) is 11.5 Å². The van der Waals surface area contributed by atoms with E-state index < -0.39 is 0 Å². The van der Waals surface area contributed by atoms with Gasteiger partial charge in [-0.2, -0.15) is 0 Å². The summed E-state index contributed by atoms with van der Waals surface area (Å²) in [5, 5.41) is 0. The maximum absolute atomic E-state index is 12.0. The topological polar surface area (TPSA) is 59.2 Å². The molecule has 0 bridgehead atoms. The van der Waals surface area contributed by atoms with Gasteiger partial charge in [-0.15, -0.1) is 0 Å². The number of rotatable bonds is 2. The number of aryl methyl sites for hydroxylation is 1. The average Bonchev–Trinajstić information content (AvgIpc) is 2.89. The van der Waals surface area contributed by atoms with Crippen LogP contribution in [0.3, 0.4) is 0 Å². The molecule has 0 aliphatic heterocycles. The molecule has 5 nitrogen and oxygen atoms in total. The fourth-order valence-electron chi connectivity index (χ4n) is 2.14. The van der Waals surface area contributed by atoms with Crippen molar-refractivity contribution in [3.63, 3.8) is 0 Å². The molecule has 0 saturated carbocycles. The van der Waals surface area contributed by atoms with Gasteiger partial charge in [-0.25, -0.2) is 4.98 Å². The molecule has 5 heteroatoms. The highest BCUT2D eigenvalue weighted by atomic mass is 16.3. The van der Waals surface area contributed by atoms with Crippen molar-refractivity contribution < 1.29 is 9.21 Å². The van der Waals surface area contributed by atoms with Crippen LogP contribution in [0.5, 0.6) is 0 Å². The summed E-state index contributed by atoms with van der Waals surface area (Å²) in [4.78, 5) is 22.2. The molecule has 0 atom stereocenters. The second-order valence-corrected chi connectivity index (χ2v) is 5.04. The van der Waals surface area contributed by atoms with Crippen LogP contribution >= 0.6 is 0 Å². The number of hydrogen-bond acceptors (Lipinski definition) is 4. The molecule has 106 valence electrons. The van der Waals surface area contributed by atoms with E-state index in [1.165, 1.54) is 4.90 Å². The van der Waals surface area contributed by atoms with Gasteiger partial charge in [0.2, 0.25) is 5.89 Å². The molecule has 0 aliphatic carbocycles. The molecule has 0 N–H and O–H groups in total. The molecule has 3 rings (SSSR count). The molecular weight excluding hydrogens is 266 g/mol. The van der Waals surface area contributed by atoms with E-state index in [1.54, 1.807) is 38.5 Å². The van der Waals surface area contributed by atoms with Crippen LogP contribution in [0.15, 0.2) is 40.9 Å². The van der Waals surface area contributed by atoms with Crippen LogP contribution in [-0.4, -0.2) is 34.9 Å². The van der Waals surface area contributed by atoms with Crippen molar-refractivity contribution in [1.82, 2.24) is 14.9 Å². The Hall–Kier alpha value is -2.69. The number of aromatic nitrogens is 2. The number of oxazole rings is 1. The molecule has 2 aromatic heterocycles. The number of carbonyl (C=O) groups is 1. The number of nitrogens with zero attached hydrogens (tertiary/aromatic N) is 3. The van der Waals surface area contributed by atoms with Crippen LogP contribution in [-0.2, 0) is 0 Å². The van der Waals surface area contributed by atoms with Gasteiger partial charge in [0.05, 0.1) is 5.56 Å². The zero-order valence-electron chi connectivity index (χ0n) is 12.1. The fourth-order valence-corrected chi connectivity index (χ4v) is 2.14. The lowest BCUT2D eigenvalue weighted by atomic mass is 10.2. The van der Waals surface area contributed by atoms with Gasteiger partial charge >= 0.3 is 0 Å². The number of amides is 1. The highest BCUT2D eigenvalue weighted by Gasteiger charge is 2.14. The quantitative estimate of drug-likeness (QED) is 0.724. The van der Waals surface area contributed by atoms with Crippen LogP contribution in [0, 0.1) is 6.92 Å². The molecule has 0 unspecified atom stereocenters. The van der Waals surface area contributed by atoms with Crippen molar-refractivity contribution in [2.24, 2.45) is 0 Å². The summed E-state index contributed by atoms with van der Waals surface area (Å²) >= 11 is 0. The van der Waals surface area contributed by atoms with Gasteiger partial charge in [-0.05, 0) is 37.3 Å². The first-order chi connectivity index (χ1) is 10.1. The lowest BCUT2D eigenvalue weighted by Gasteiger charge is -2.09. The van der Waals surface area contributed by atoms with E-state index in [0.29, 0.717) is 22.6 Å². The van der Waals surface area contributed by atoms with Gasteiger partial charge in [-0.1, -0.05) is 0 Å². The van der Waals surface area contributed by atoms with E-state index in [2.05, 4.69) is 9.97 Å². The molecule has 0 spiro atoms. The summed E-state index contributed by atoms with van der Waals surface area (Å²) in [5.41, 5.74) is 3.63. The Morgan fingerprint density at radius 3 is 2.76 bits per heavy atom. The molecule has 0 saturated heterocycles. The summed E-state index contributed by atoms with van der Waals surface area (Å²) in [7, 11) is 3.44. The molecule has 1 aromatic carbocycles. The van der Waals surface area contributed by atoms with E-state index in [9.17, 15) is 4.79 Å². The maximum atomic E-state index is 12.0. The van der Waals surface area contributed by atoms with E-state index in [4.69, 9.17) is 4.42 Å². The fraction of sp³-hybridized carbons (Fsp3) is 0.188. The molecule has 0 aliphatic rings. The van der Waals surface area contributed by atoms with Crippen LogP contribution in [0.25, 0.3) is 22.6 Å². The molecule has 0 fully saturated rings. The van der Waals surface area contributed by atoms with Crippen LogP contribution in [0.4, 0.5) is 0 Å². The molecular formula is C16H15N3O2. The SMILES string of the molecule is Cc1ncccc1-c1nc2cc(C(=O)N(C)C)ccc2o1. The number of fused-ring (bicyclic) bond motifs is 1. The number of benzene rings is 1. The Kier molecular flexibility index (Phi) is 3.17. The average molecular weight is 281 g/mol. The second-order valence-electron chi connectivity index (χ2n) is 5.04. The number of pyridine rings is 1. The smallest absolute Gasteiger partial charge is 0.253 e. The van der Waals surface area contributed by atoms with Crippen molar-refractivity contribution in [2.45, 2.75) is 6.92 Å². The Balaban J connectivity index is 2.09. The van der Waals surface area contributed by atoms with E-state index in [1.807, 2.05) is 19.1 Å². The Labute approximate surface area is 122 Å². The van der Waals surface area contributed by atoms with Gasteiger partial charge in [-0.3, -0.25) is 9.78 Å². The molecule has 2 heterocycles. The van der Waals surface area contributed by atoms with Crippen molar-refractivity contribution in [3.05, 3.63) is 47.8 Å². The van der Waals surface area contributed by atoms with E-state index >= 15 is 0 Å². The van der Waals surface area contributed by atoms with Gasteiger partial charge < -0.3 is 9.32 Å². The molecule has 21 heavy (non-hydrogen) atoms. The Bertz CT molecular complexity index is 821. The molecule has 3 aromatic rings. The van der Waals surface area contributed by atoms with E-state index in [-0.39, 0.29) is 5.91 Å². The zero-order chi connectivity index (χ0) is 15.0. The van der Waals surface area contributed by atoms with Crippen molar-refractivity contribution in [1.29, 1.82) is 0 Å². The molecule has 0 radical (unpaired) electrons. The van der Waals surface area contributed by atoms with E-state index in [0.717, 1.165) is 11.3 Å². The summed E-state index contributed by atoms with van der Waals surface area (Å²) < 4.78 is 5.75. The highest BCUT2D eigenvalue weighted by molar-refractivity contribution is 5.97. The first kappa shape index (κ1) is 13.3. The minimum absolute atomic E-state index is 0.0565. The van der Waals surface area contributed by atoms with Crippen molar-refractivity contribution >= 4 is 17.0 Å². The van der Waals surface area contributed by atoms with Crippen molar-refractivity contribution in [2.75, 3.05) is 14.1 Å². The third kappa shape index (κ3) is 2.38. The first-order valence-electron chi connectivity index (χ1n) is 6.60. The van der Waals surface area contributed by atoms with Gasteiger partial charge in [0, 0.05) is 31.5 Å². The summed E-state index contributed by atoms with van der Waals surface area (Å²) in [6.45, 7) is 1.91. The normalized spacial score (nSPS) is 10.8. The Morgan fingerprint density at radius 2 is 2.05 bits per heavy atom. The minimum atomic E-state index is -0.0565. The predicted octanol–water partition coefficient (Wildman–Crippen LogP) is 2.90. The lowest BCUT2D eigenvalue weighted by Crippen LogP contribution is -2.21. The van der Waals surface area contributed by atoms with Crippen LogP contribution < -0.4 is 0 Å². The third-order valence-electron chi connectivity index (χ3n) is 3.28. The van der Waals surface area contributed by atoms with Crippen LogP contribution in [0.1, 0.15) is 16.1 Å². The standard InChI is InChI=1S/C16H15N3O2/c1-10-12(5-4-8-17-10)15-18-13-9-11(16(20)19(2)3)6-7-14(13)21-15/h4-9H,1-3H3. The monoisotopic (exact) mass is 281 g/mol. The zero-order valence-corrected chi connectivity index (χ0v) is 12.1. The Morgan fingerprint density at radius 1 is 1.24 bits per heavy atom. The largest absolute Gasteiger partial charge is 0.436 e. The van der Waals surface area contributed by atoms with Gasteiger partial charge in [0.1, 0.15) is 5.52 Å². The second kappa shape index (κ2) is 5.01. The lowest BCUT2D eigenvalue weighted by molar-refractivity contribution is 0.0828. The first-order valence-corrected chi connectivity index (χ1v) is 6.60. The van der Waals surface area contributed by atoms with Crippen LogP contribution in [0.2, 0.25) is 0 Å². The number of hydrogen-bond donors (Lipinski definition) is 0. The van der Waals surface area contributed by atoms with Gasteiger partial charge in [0.15, 0.2) is 5.58 Å². The maximum Gasteiger partial charge on any atom is 0.253 e. The summed E-state index contributed by atoms with van der Waals surface area (Å²) in [6, 6.07) is 9.03. The predicted molar refractivity (Wildman–Crippen MR) is 80.0 cm³/mol. The summed E-state index contributed by atoms with van der Waals surface area (Å²) in [5.74, 6) is 0.462. The molecule has 1 amide bonds. The minimum Gasteiger partial charge on any atom is -0.436 e. The third-order valence-corrected chi connectivity index (χ3v) is 3.28.